The summed E-state index contributed by atoms with van der Waals surface area (Å²) in [5.41, 5.74) is 5.72. The van der Waals surface area contributed by atoms with Gasteiger partial charge in [-0.15, -0.1) is 0 Å². The van der Waals surface area contributed by atoms with Gasteiger partial charge in [0, 0.05) is 13.0 Å². The average Bonchev–Trinajstić information content (AvgIpc) is 3.40. The molecule has 1 heterocycles. The second kappa shape index (κ2) is 10.6. The summed E-state index contributed by atoms with van der Waals surface area (Å²) in [6.07, 6.45) is 1.62. The fourth-order valence-corrected chi connectivity index (χ4v) is 5.52. The molecule has 192 valence electrons. The number of benzene rings is 1. The van der Waals surface area contributed by atoms with Gasteiger partial charge in [0.25, 0.3) is 10.1 Å². The molecule has 1 unspecified atom stereocenters. The van der Waals surface area contributed by atoms with Crippen LogP contribution in [0.5, 0.6) is 0 Å². The van der Waals surface area contributed by atoms with Crippen LogP contribution >= 0.6 is 0 Å². The molecule has 1 saturated heterocycles. The van der Waals surface area contributed by atoms with Gasteiger partial charge in [0.2, 0.25) is 11.8 Å². The van der Waals surface area contributed by atoms with E-state index in [9.17, 15) is 22.8 Å². The normalized spacial score (nSPS) is 22.1. The summed E-state index contributed by atoms with van der Waals surface area (Å²) in [7, 11) is -2.29. The van der Waals surface area contributed by atoms with Gasteiger partial charge in [0.1, 0.15) is 26.0 Å². The monoisotopic (exact) mass is 507 g/mol. The van der Waals surface area contributed by atoms with Crippen molar-refractivity contribution >= 4 is 41.3 Å². The Hall–Kier alpha value is -2.60. The summed E-state index contributed by atoms with van der Waals surface area (Å²) in [5.74, 6) is -1.33. The topological polar surface area (TPSA) is 145 Å². The fourth-order valence-electron chi connectivity index (χ4n) is 4.44. The van der Waals surface area contributed by atoms with E-state index in [4.69, 9.17) is 14.7 Å². The molecule has 0 bridgehead atoms. The van der Waals surface area contributed by atoms with E-state index in [2.05, 4.69) is 5.32 Å². The van der Waals surface area contributed by atoms with Gasteiger partial charge in [-0.1, -0.05) is 38.4 Å². The zero-order chi connectivity index (χ0) is 26.0. The Bertz CT molecular complexity index is 1050. The predicted octanol–water partition coefficient (Wildman–Crippen LogP) is 0.189. The molecule has 0 aromatic heterocycles. The highest BCUT2D eigenvalue weighted by Gasteiger charge is 2.46. The molecule has 1 saturated carbocycles. The zero-order valence-electron chi connectivity index (χ0n) is 20.7. The molecule has 3 amide bonds. The van der Waals surface area contributed by atoms with Crippen LogP contribution in [0, 0.1) is 5.41 Å². The number of rotatable bonds is 7. The van der Waals surface area contributed by atoms with Crippen LogP contribution < -0.4 is 16.5 Å². The average molecular weight is 507 g/mol. The summed E-state index contributed by atoms with van der Waals surface area (Å²) >= 11 is 0. The van der Waals surface area contributed by atoms with Crippen molar-refractivity contribution in [3.05, 3.63) is 24.3 Å². The molecule has 0 radical (unpaired) electrons. The number of carbonyl (C=O) groups is 3. The van der Waals surface area contributed by atoms with Crippen LogP contribution in [-0.2, 0) is 28.6 Å². The number of ether oxygens (including phenoxy) is 1. The van der Waals surface area contributed by atoms with E-state index in [0.717, 1.165) is 31.1 Å². The molecule has 3 rings (SSSR count). The number of likely N-dealkylation sites (tertiary alicyclic amines) is 1. The molecule has 2 aliphatic rings. The summed E-state index contributed by atoms with van der Waals surface area (Å²) < 4.78 is 36.3. The number of alkyl carbamates (subject to hydrolysis) is 1. The minimum absolute atomic E-state index is 0.0209. The lowest BCUT2D eigenvalue weighted by Crippen LogP contribution is -2.57. The minimum atomic E-state index is -4.12. The summed E-state index contributed by atoms with van der Waals surface area (Å²) in [4.78, 5) is 39.4. The summed E-state index contributed by atoms with van der Waals surface area (Å²) in [5, 5.41) is 2.65. The molecule has 10 nitrogen and oxygen atoms in total. The number of primary amides is 1. The fraction of sp³-hybridized carbons (Fsp3) is 0.609. The summed E-state index contributed by atoms with van der Waals surface area (Å²) in [6, 6.07) is 4.07. The van der Waals surface area contributed by atoms with Crippen molar-refractivity contribution in [1.29, 1.82) is 0 Å². The SMILES string of the molecule is Bc1ccc(S(=O)(=O)O[C@H]2CC(C(N)=O)N(C(=O)[C@@H](NC(=O)OC3CCCC3)C(C)(C)C)C2)cc1. The van der Waals surface area contributed by atoms with Gasteiger partial charge < -0.3 is 20.7 Å². The van der Waals surface area contributed by atoms with Gasteiger partial charge in [-0.3, -0.25) is 13.8 Å². The third-order valence-electron chi connectivity index (χ3n) is 6.40. The van der Waals surface area contributed by atoms with Crippen molar-refractivity contribution in [2.24, 2.45) is 11.1 Å². The third-order valence-corrected chi connectivity index (χ3v) is 7.77. The standard InChI is InChI=1S/C23H34BN3O7S/c1-23(2,3)19(26-22(30)33-15-6-4-5-7-15)21(29)27-13-16(12-18(27)20(25)28)34-35(31,32)17-10-8-14(24)9-11-17/h8-11,15-16,18-19H,4-7,12-13,24H2,1-3H3,(H2,25,28)(H,26,30)/t16-,18?,19+/m0/s1. The number of amides is 3. The van der Waals surface area contributed by atoms with Crippen LogP contribution in [0.2, 0.25) is 0 Å². The molecule has 1 aromatic rings. The predicted molar refractivity (Wildman–Crippen MR) is 131 cm³/mol. The lowest BCUT2D eigenvalue weighted by Gasteiger charge is -2.35. The van der Waals surface area contributed by atoms with Crippen LogP contribution in [0.25, 0.3) is 0 Å². The van der Waals surface area contributed by atoms with Crippen LogP contribution in [0.3, 0.4) is 0 Å². The molecular formula is C23H34BN3O7S. The second-order valence-electron chi connectivity index (χ2n) is 10.4. The smallest absolute Gasteiger partial charge is 0.408 e. The number of hydrogen-bond donors (Lipinski definition) is 2. The van der Waals surface area contributed by atoms with Crippen LogP contribution in [0.15, 0.2) is 29.2 Å². The number of carbonyl (C=O) groups excluding carboxylic acids is 3. The Balaban J connectivity index is 1.75. The first kappa shape index (κ1) is 27.0. The number of nitrogens with zero attached hydrogens (tertiary/aromatic N) is 1. The van der Waals surface area contributed by atoms with Gasteiger partial charge in [-0.25, -0.2) is 4.79 Å². The van der Waals surface area contributed by atoms with Crippen molar-refractivity contribution in [2.75, 3.05) is 6.54 Å². The van der Waals surface area contributed by atoms with E-state index >= 15 is 0 Å². The Morgan fingerprint density at radius 3 is 2.26 bits per heavy atom. The van der Waals surface area contributed by atoms with E-state index in [-0.39, 0.29) is 24.0 Å². The maximum Gasteiger partial charge on any atom is 0.408 e. The van der Waals surface area contributed by atoms with E-state index in [1.165, 1.54) is 17.0 Å². The number of nitrogens with two attached hydrogens (primary N) is 1. The molecule has 3 atom stereocenters. The lowest BCUT2D eigenvalue weighted by atomic mass is 9.85. The van der Waals surface area contributed by atoms with Crippen LogP contribution in [-0.4, -0.2) is 69.9 Å². The van der Waals surface area contributed by atoms with Crippen LogP contribution in [0.4, 0.5) is 4.79 Å². The second-order valence-corrected chi connectivity index (χ2v) is 12.0. The minimum Gasteiger partial charge on any atom is -0.446 e. The Morgan fingerprint density at radius 1 is 1.11 bits per heavy atom. The van der Waals surface area contributed by atoms with Gasteiger partial charge in [-0.05, 0) is 43.2 Å². The van der Waals surface area contributed by atoms with E-state index < -0.39 is 51.6 Å². The molecular weight excluding hydrogens is 473 g/mol. The maximum absolute atomic E-state index is 13.5. The summed E-state index contributed by atoms with van der Waals surface area (Å²) in [6.45, 7) is 5.16. The van der Waals surface area contributed by atoms with Crippen LogP contribution in [0.1, 0.15) is 52.9 Å². The van der Waals surface area contributed by atoms with Crippen molar-refractivity contribution in [1.82, 2.24) is 10.2 Å². The molecule has 0 spiro atoms. The molecule has 12 heteroatoms. The number of nitrogens with one attached hydrogen (secondary N) is 1. The first-order valence-electron chi connectivity index (χ1n) is 11.8. The number of hydrogen-bond acceptors (Lipinski definition) is 7. The third kappa shape index (κ3) is 6.75. The highest BCUT2D eigenvalue weighted by Crippen LogP contribution is 2.29. The molecule has 2 fully saturated rings. The van der Waals surface area contributed by atoms with E-state index in [0.29, 0.717) is 0 Å². The Kier molecular flexibility index (Phi) is 8.16. The molecule has 3 N–H and O–H groups in total. The van der Waals surface area contributed by atoms with Crippen molar-refractivity contribution in [2.45, 2.75) is 82.1 Å². The highest BCUT2D eigenvalue weighted by molar-refractivity contribution is 7.86. The molecule has 1 aliphatic heterocycles. The molecule has 35 heavy (non-hydrogen) atoms. The first-order valence-corrected chi connectivity index (χ1v) is 13.3. The van der Waals surface area contributed by atoms with Crippen molar-refractivity contribution in [3.8, 4) is 0 Å². The Labute approximate surface area is 207 Å². The molecule has 1 aliphatic carbocycles. The van der Waals surface area contributed by atoms with Gasteiger partial charge >= 0.3 is 6.09 Å². The zero-order valence-corrected chi connectivity index (χ0v) is 21.5. The van der Waals surface area contributed by atoms with E-state index in [1.807, 2.05) is 7.85 Å². The van der Waals surface area contributed by atoms with Crippen molar-refractivity contribution < 1.29 is 31.7 Å². The van der Waals surface area contributed by atoms with Gasteiger partial charge in [0.15, 0.2) is 0 Å². The lowest BCUT2D eigenvalue weighted by molar-refractivity contribution is -0.141. The van der Waals surface area contributed by atoms with Gasteiger partial charge in [-0.2, -0.15) is 8.42 Å². The van der Waals surface area contributed by atoms with E-state index in [1.54, 1.807) is 32.9 Å². The quantitative estimate of drug-likeness (QED) is 0.396. The Morgan fingerprint density at radius 2 is 1.71 bits per heavy atom. The maximum atomic E-state index is 13.5. The highest BCUT2D eigenvalue weighted by atomic mass is 32.2. The van der Waals surface area contributed by atoms with Crippen molar-refractivity contribution in [3.63, 3.8) is 0 Å². The first-order chi connectivity index (χ1) is 16.3. The largest absolute Gasteiger partial charge is 0.446 e. The van der Waals surface area contributed by atoms with Gasteiger partial charge in [0.05, 0.1) is 11.0 Å². The molecule has 1 aromatic carbocycles.